The van der Waals surface area contributed by atoms with E-state index in [0.717, 1.165) is 14.6 Å². The molecule has 0 amide bonds. The van der Waals surface area contributed by atoms with E-state index in [-0.39, 0.29) is 0 Å². The van der Waals surface area contributed by atoms with Crippen LogP contribution in [0, 0.1) is 0 Å². The molecule has 0 fully saturated rings. The minimum Gasteiger partial charge on any atom is -0.506 e. The van der Waals surface area contributed by atoms with Crippen LogP contribution in [-0.4, -0.2) is 5.11 Å². The molecule has 0 aliphatic rings. The van der Waals surface area contributed by atoms with Crippen molar-refractivity contribution in [3.05, 3.63) is 40.9 Å². The number of phenols is 1. The van der Waals surface area contributed by atoms with Gasteiger partial charge < -0.3 is 5.11 Å². The molecule has 74 valence electrons. The molecule has 1 heterocycles. The highest BCUT2D eigenvalue weighted by Gasteiger charge is 2.09. The van der Waals surface area contributed by atoms with Crippen molar-refractivity contribution in [3.63, 3.8) is 0 Å². The summed E-state index contributed by atoms with van der Waals surface area (Å²) >= 11 is 5.17. The second-order valence-electron chi connectivity index (χ2n) is 3.37. The Bertz CT molecular complexity index is 657. The van der Waals surface area contributed by atoms with E-state index in [1.54, 1.807) is 17.4 Å². The minimum atomic E-state index is 0.362. The highest BCUT2D eigenvalue weighted by atomic mass is 79.9. The number of hydrogen-bond donors (Lipinski definition) is 1. The maximum Gasteiger partial charge on any atom is 0.133 e. The van der Waals surface area contributed by atoms with E-state index in [9.17, 15) is 5.11 Å². The number of aromatic hydroxyl groups is 1. The molecule has 3 aromatic rings. The van der Waals surface area contributed by atoms with Crippen molar-refractivity contribution in [1.82, 2.24) is 0 Å². The number of benzene rings is 2. The molecule has 0 bridgehead atoms. The van der Waals surface area contributed by atoms with E-state index >= 15 is 0 Å². The van der Waals surface area contributed by atoms with Gasteiger partial charge in [-0.1, -0.05) is 34.1 Å². The maximum atomic E-state index is 9.76. The number of hydrogen-bond acceptors (Lipinski definition) is 2. The molecule has 1 aromatic heterocycles. The predicted octanol–water partition coefficient (Wildman–Crippen LogP) is 4.52. The summed E-state index contributed by atoms with van der Waals surface area (Å²) in [6.07, 6.45) is 0. The number of thiophene rings is 1. The third-order valence-corrected chi connectivity index (χ3v) is 4.31. The third-order valence-electron chi connectivity index (χ3n) is 2.45. The molecule has 1 N–H and O–H groups in total. The van der Waals surface area contributed by atoms with Crippen LogP contribution in [0.15, 0.2) is 40.9 Å². The first-order chi connectivity index (χ1) is 7.27. The first-order valence-corrected chi connectivity index (χ1v) is 6.17. The monoisotopic (exact) mass is 278 g/mol. The summed E-state index contributed by atoms with van der Waals surface area (Å²) in [5, 5.41) is 12.1. The van der Waals surface area contributed by atoms with Crippen LogP contribution in [0.5, 0.6) is 5.75 Å². The van der Waals surface area contributed by atoms with Crippen LogP contribution in [0.3, 0.4) is 0 Å². The van der Waals surface area contributed by atoms with Crippen molar-refractivity contribution in [1.29, 1.82) is 0 Å². The molecule has 0 radical (unpaired) electrons. The van der Waals surface area contributed by atoms with Gasteiger partial charge in [-0.2, -0.15) is 0 Å². The first-order valence-electron chi connectivity index (χ1n) is 4.56. The molecule has 0 aliphatic carbocycles. The first kappa shape index (κ1) is 9.19. The van der Waals surface area contributed by atoms with E-state index in [4.69, 9.17) is 0 Å². The Kier molecular flexibility index (Phi) is 1.97. The van der Waals surface area contributed by atoms with E-state index in [1.165, 1.54) is 10.1 Å². The van der Waals surface area contributed by atoms with E-state index in [1.807, 2.05) is 24.3 Å². The molecule has 0 saturated heterocycles. The van der Waals surface area contributed by atoms with Gasteiger partial charge in [0.1, 0.15) is 5.75 Å². The van der Waals surface area contributed by atoms with Crippen LogP contribution in [0.25, 0.3) is 20.2 Å². The highest BCUT2D eigenvalue weighted by Crippen LogP contribution is 2.41. The van der Waals surface area contributed by atoms with Crippen molar-refractivity contribution in [3.8, 4) is 5.75 Å². The zero-order chi connectivity index (χ0) is 10.4. The van der Waals surface area contributed by atoms with E-state index < -0.39 is 0 Å². The zero-order valence-corrected chi connectivity index (χ0v) is 10.1. The van der Waals surface area contributed by atoms with Gasteiger partial charge in [0.05, 0.1) is 4.70 Å². The fourth-order valence-corrected chi connectivity index (χ4v) is 3.64. The average Bonchev–Trinajstić information content (AvgIpc) is 2.59. The lowest BCUT2D eigenvalue weighted by Gasteiger charge is -1.95. The Morgan fingerprint density at radius 2 is 1.87 bits per heavy atom. The molecule has 0 aliphatic heterocycles. The van der Waals surface area contributed by atoms with Gasteiger partial charge in [0, 0.05) is 19.9 Å². The number of fused-ring (bicyclic) bond motifs is 3. The Morgan fingerprint density at radius 3 is 2.73 bits per heavy atom. The summed E-state index contributed by atoms with van der Waals surface area (Å²) in [7, 11) is 0. The molecule has 3 heteroatoms. The van der Waals surface area contributed by atoms with Gasteiger partial charge in [0.25, 0.3) is 0 Å². The van der Waals surface area contributed by atoms with Crippen LogP contribution in [0.1, 0.15) is 0 Å². The summed E-state index contributed by atoms with van der Waals surface area (Å²) in [6, 6.07) is 11.8. The van der Waals surface area contributed by atoms with Gasteiger partial charge in [0.15, 0.2) is 0 Å². The van der Waals surface area contributed by atoms with Gasteiger partial charge in [-0.25, -0.2) is 0 Å². The number of halogens is 1. The summed E-state index contributed by atoms with van der Waals surface area (Å²) in [4.78, 5) is 0. The van der Waals surface area contributed by atoms with Crippen LogP contribution >= 0.6 is 27.3 Å². The molecule has 3 rings (SSSR count). The molecular weight excluding hydrogens is 272 g/mol. The number of rotatable bonds is 0. The van der Waals surface area contributed by atoms with Crippen molar-refractivity contribution < 1.29 is 5.11 Å². The fraction of sp³-hybridized carbons (Fsp3) is 0. The van der Waals surface area contributed by atoms with Crippen LogP contribution in [0.2, 0.25) is 0 Å². The topological polar surface area (TPSA) is 20.2 Å². The minimum absolute atomic E-state index is 0.362. The van der Waals surface area contributed by atoms with Gasteiger partial charge in [-0.15, -0.1) is 11.3 Å². The van der Waals surface area contributed by atoms with Crippen LogP contribution in [-0.2, 0) is 0 Å². The largest absolute Gasteiger partial charge is 0.506 e. The maximum absolute atomic E-state index is 9.76. The van der Waals surface area contributed by atoms with Crippen molar-refractivity contribution in [2.24, 2.45) is 0 Å². The Morgan fingerprint density at radius 1 is 1.07 bits per heavy atom. The smallest absolute Gasteiger partial charge is 0.133 e. The van der Waals surface area contributed by atoms with Crippen molar-refractivity contribution >= 4 is 47.4 Å². The summed E-state index contributed by atoms with van der Waals surface area (Å²) < 4.78 is 3.23. The molecule has 0 atom stereocenters. The molecule has 2 aromatic carbocycles. The highest BCUT2D eigenvalue weighted by molar-refractivity contribution is 9.10. The van der Waals surface area contributed by atoms with Crippen molar-refractivity contribution in [2.75, 3.05) is 0 Å². The Labute approximate surface area is 99.1 Å². The second kappa shape index (κ2) is 3.22. The summed E-state index contributed by atoms with van der Waals surface area (Å²) in [5.74, 6) is 0.362. The average molecular weight is 279 g/mol. The van der Waals surface area contributed by atoms with Gasteiger partial charge >= 0.3 is 0 Å². The molecule has 0 saturated carbocycles. The van der Waals surface area contributed by atoms with Crippen molar-refractivity contribution in [2.45, 2.75) is 0 Å². The predicted molar refractivity (Wildman–Crippen MR) is 68.7 cm³/mol. The zero-order valence-electron chi connectivity index (χ0n) is 7.70. The number of phenolic OH excluding ortho intramolecular Hbond substituents is 1. The second-order valence-corrected chi connectivity index (χ2v) is 5.28. The third kappa shape index (κ3) is 1.27. The molecule has 1 nitrogen and oxygen atoms in total. The Balaban J connectivity index is 2.65. The van der Waals surface area contributed by atoms with Gasteiger partial charge in [0.2, 0.25) is 0 Å². The SMILES string of the molecule is Oc1cccc2c1sc1cccc(Br)c12. The quantitative estimate of drug-likeness (QED) is 0.641. The lowest BCUT2D eigenvalue weighted by Crippen LogP contribution is -1.68. The Hall–Kier alpha value is -1.06. The lowest BCUT2D eigenvalue weighted by atomic mass is 10.1. The fourth-order valence-electron chi connectivity index (χ4n) is 1.79. The molecular formula is C12H7BrOS. The normalized spacial score (nSPS) is 11.3. The van der Waals surface area contributed by atoms with E-state index in [2.05, 4.69) is 22.0 Å². The van der Waals surface area contributed by atoms with Crippen LogP contribution < -0.4 is 0 Å². The molecule has 0 spiro atoms. The summed E-state index contributed by atoms with van der Waals surface area (Å²) in [5.41, 5.74) is 0. The van der Waals surface area contributed by atoms with Gasteiger partial charge in [-0.05, 0) is 18.2 Å². The van der Waals surface area contributed by atoms with Gasteiger partial charge in [-0.3, -0.25) is 0 Å². The molecule has 0 unspecified atom stereocenters. The molecule has 15 heavy (non-hydrogen) atoms. The van der Waals surface area contributed by atoms with E-state index in [0.29, 0.717) is 5.75 Å². The van der Waals surface area contributed by atoms with Crippen LogP contribution in [0.4, 0.5) is 0 Å². The standard InChI is InChI=1S/C12H7BrOS/c13-8-4-2-6-10-11(8)7-3-1-5-9(14)12(7)15-10/h1-6,14H. The summed E-state index contributed by atoms with van der Waals surface area (Å²) in [6.45, 7) is 0. The lowest BCUT2D eigenvalue weighted by molar-refractivity contribution is 0.482.